The van der Waals surface area contributed by atoms with E-state index < -0.39 is 17.5 Å². The smallest absolute Gasteiger partial charge is 0.355 e. The molecule has 0 fully saturated rings. The van der Waals surface area contributed by atoms with Crippen LogP contribution in [0.3, 0.4) is 0 Å². The second-order valence-corrected chi connectivity index (χ2v) is 8.01. The van der Waals surface area contributed by atoms with E-state index in [2.05, 4.69) is 5.32 Å². The van der Waals surface area contributed by atoms with Crippen LogP contribution in [0.1, 0.15) is 37.0 Å². The summed E-state index contributed by atoms with van der Waals surface area (Å²) >= 11 is 0. The summed E-state index contributed by atoms with van der Waals surface area (Å²) in [4.78, 5) is 43.6. The standard InChI is InChI=1S/C24H23N3O5.ClH/c1-3-24(32-20(28)11-25-4-2)17-10-19-21-15(9-14-7-5-6-8-18(14)26-21)12-27(19)22(29)16(17)13-31-23(24)30;/h5-10,25H,3-4,11-13H2,1-2H3;1H/t24-;/m0./s1. The predicted molar refractivity (Wildman–Crippen MR) is 124 cm³/mol. The lowest BCUT2D eigenvalue weighted by molar-refractivity contribution is -0.189. The predicted octanol–water partition coefficient (Wildman–Crippen LogP) is 2.66. The molecular formula is C24H24ClN3O5. The third kappa shape index (κ3) is 3.50. The molecule has 0 saturated carbocycles. The fourth-order valence-electron chi connectivity index (χ4n) is 4.54. The number of fused-ring (bicyclic) bond motifs is 5. The van der Waals surface area contributed by atoms with Crippen LogP contribution in [0.2, 0.25) is 0 Å². The second-order valence-electron chi connectivity index (χ2n) is 8.01. The molecule has 2 aromatic heterocycles. The fraction of sp³-hybridized carbons (Fsp3) is 0.333. The number of ether oxygens (including phenoxy) is 2. The van der Waals surface area contributed by atoms with E-state index in [-0.39, 0.29) is 37.5 Å². The molecule has 33 heavy (non-hydrogen) atoms. The molecule has 0 bridgehead atoms. The van der Waals surface area contributed by atoms with E-state index in [1.54, 1.807) is 17.6 Å². The normalized spacial score (nSPS) is 18.1. The zero-order chi connectivity index (χ0) is 22.5. The Morgan fingerprint density at radius 1 is 1.24 bits per heavy atom. The van der Waals surface area contributed by atoms with Crippen molar-refractivity contribution in [2.45, 2.75) is 39.0 Å². The van der Waals surface area contributed by atoms with Gasteiger partial charge in [-0.2, -0.15) is 0 Å². The van der Waals surface area contributed by atoms with Gasteiger partial charge in [0.15, 0.2) is 0 Å². The molecule has 3 aromatic rings. The molecule has 8 nitrogen and oxygen atoms in total. The summed E-state index contributed by atoms with van der Waals surface area (Å²) in [5, 5.41) is 3.89. The van der Waals surface area contributed by atoms with Gasteiger partial charge >= 0.3 is 11.9 Å². The Bertz CT molecular complexity index is 1340. The molecule has 0 spiro atoms. The third-order valence-corrected chi connectivity index (χ3v) is 6.19. The van der Waals surface area contributed by atoms with E-state index >= 15 is 0 Å². The quantitative estimate of drug-likeness (QED) is 0.448. The van der Waals surface area contributed by atoms with Crippen LogP contribution < -0.4 is 10.9 Å². The molecule has 4 heterocycles. The first-order valence-electron chi connectivity index (χ1n) is 10.7. The summed E-state index contributed by atoms with van der Waals surface area (Å²) in [5.74, 6) is -1.24. The third-order valence-electron chi connectivity index (χ3n) is 6.19. The highest BCUT2D eigenvalue weighted by molar-refractivity contribution is 5.88. The van der Waals surface area contributed by atoms with Gasteiger partial charge in [0.25, 0.3) is 5.56 Å². The van der Waals surface area contributed by atoms with Crippen molar-refractivity contribution in [3.8, 4) is 11.4 Å². The van der Waals surface area contributed by atoms with E-state index in [0.29, 0.717) is 35.6 Å². The van der Waals surface area contributed by atoms with Gasteiger partial charge in [-0.25, -0.2) is 9.78 Å². The number of nitrogens with zero attached hydrogens (tertiary/aromatic N) is 2. The van der Waals surface area contributed by atoms with E-state index in [4.69, 9.17) is 14.5 Å². The first-order valence-corrected chi connectivity index (χ1v) is 10.7. The molecular weight excluding hydrogens is 446 g/mol. The zero-order valence-electron chi connectivity index (χ0n) is 18.3. The molecule has 0 radical (unpaired) electrons. The van der Waals surface area contributed by atoms with Gasteiger partial charge in [-0.15, -0.1) is 12.4 Å². The number of para-hydroxylation sites is 1. The summed E-state index contributed by atoms with van der Waals surface area (Å²) in [6.45, 7) is 4.39. The number of rotatable bonds is 5. The zero-order valence-corrected chi connectivity index (χ0v) is 19.2. The SMILES string of the molecule is CCNCC(=O)O[C@]1(CC)C(=O)OCc2c1cc1n(c2=O)Cc2cc3ccccc3nc2-1.Cl. The lowest BCUT2D eigenvalue weighted by atomic mass is 9.85. The molecule has 0 aliphatic carbocycles. The van der Waals surface area contributed by atoms with Crippen LogP contribution in [0.15, 0.2) is 41.2 Å². The molecule has 0 unspecified atom stereocenters. The Morgan fingerprint density at radius 3 is 2.79 bits per heavy atom. The van der Waals surface area contributed by atoms with Crippen LogP contribution >= 0.6 is 12.4 Å². The van der Waals surface area contributed by atoms with E-state index in [1.807, 2.05) is 37.3 Å². The Hall–Kier alpha value is -3.23. The van der Waals surface area contributed by atoms with Gasteiger partial charge in [-0.1, -0.05) is 32.0 Å². The fourth-order valence-corrected chi connectivity index (χ4v) is 4.54. The highest BCUT2D eigenvalue weighted by Gasteiger charge is 2.50. The Kier molecular flexibility index (Phi) is 5.99. The van der Waals surface area contributed by atoms with Crippen molar-refractivity contribution < 1.29 is 19.1 Å². The van der Waals surface area contributed by atoms with Crippen LogP contribution in [0.4, 0.5) is 0 Å². The number of nitrogens with one attached hydrogen (secondary N) is 1. The Balaban J connectivity index is 0.00000259. The summed E-state index contributed by atoms with van der Waals surface area (Å²) in [5.41, 5.74) is 1.88. The van der Waals surface area contributed by atoms with E-state index in [1.165, 1.54) is 0 Å². The van der Waals surface area contributed by atoms with Gasteiger partial charge in [0.1, 0.15) is 6.61 Å². The van der Waals surface area contributed by atoms with Crippen LogP contribution in [-0.4, -0.2) is 34.6 Å². The van der Waals surface area contributed by atoms with Crippen LogP contribution in [-0.2, 0) is 37.8 Å². The first-order chi connectivity index (χ1) is 15.5. The minimum Gasteiger partial charge on any atom is -0.457 e. The van der Waals surface area contributed by atoms with Crippen molar-refractivity contribution >= 4 is 35.2 Å². The molecule has 2 aliphatic rings. The topological polar surface area (TPSA) is 99.5 Å². The molecule has 172 valence electrons. The van der Waals surface area contributed by atoms with E-state index in [9.17, 15) is 14.4 Å². The largest absolute Gasteiger partial charge is 0.457 e. The number of benzene rings is 1. The van der Waals surface area contributed by atoms with Gasteiger partial charge in [0.05, 0.1) is 35.6 Å². The van der Waals surface area contributed by atoms with Gasteiger partial charge in [0, 0.05) is 16.5 Å². The number of carbonyl (C=O) groups excluding carboxylic acids is 2. The maximum atomic E-state index is 13.4. The molecule has 1 aromatic carbocycles. The molecule has 1 N–H and O–H groups in total. The number of cyclic esters (lactones) is 1. The van der Waals surface area contributed by atoms with Gasteiger partial charge in [-0.05, 0) is 31.2 Å². The summed E-state index contributed by atoms with van der Waals surface area (Å²) in [6.07, 6.45) is 0.150. The van der Waals surface area contributed by atoms with Crippen LogP contribution in [0.25, 0.3) is 22.3 Å². The maximum absolute atomic E-state index is 13.4. The van der Waals surface area contributed by atoms with E-state index in [0.717, 1.165) is 16.5 Å². The van der Waals surface area contributed by atoms with Crippen LogP contribution in [0, 0.1) is 0 Å². The number of likely N-dealkylation sites (N-methyl/N-ethyl adjacent to an activating group) is 1. The average Bonchev–Trinajstić information content (AvgIpc) is 3.16. The average molecular weight is 470 g/mol. The Morgan fingerprint density at radius 2 is 2.03 bits per heavy atom. The molecule has 1 atom stereocenters. The van der Waals surface area contributed by atoms with Crippen LogP contribution in [0.5, 0.6) is 0 Å². The number of halogens is 1. The highest BCUT2D eigenvalue weighted by Crippen LogP contribution is 2.40. The number of carbonyl (C=O) groups is 2. The van der Waals surface area contributed by atoms with Crippen molar-refractivity contribution in [3.63, 3.8) is 0 Å². The molecule has 0 amide bonds. The molecule has 5 rings (SSSR count). The lowest BCUT2D eigenvalue weighted by Crippen LogP contribution is -2.48. The minimum atomic E-state index is -1.66. The van der Waals surface area contributed by atoms with Crippen molar-refractivity contribution in [1.29, 1.82) is 0 Å². The maximum Gasteiger partial charge on any atom is 0.355 e. The van der Waals surface area contributed by atoms with Gasteiger partial charge in [0.2, 0.25) is 5.60 Å². The second kappa shape index (κ2) is 8.61. The van der Waals surface area contributed by atoms with Crippen molar-refractivity contribution in [2.75, 3.05) is 13.1 Å². The lowest BCUT2D eigenvalue weighted by Gasteiger charge is -2.35. The van der Waals surface area contributed by atoms with Crippen molar-refractivity contribution in [3.05, 3.63) is 63.4 Å². The number of pyridine rings is 2. The van der Waals surface area contributed by atoms with Gasteiger partial charge in [-0.3, -0.25) is 9.59 Å². The molecule has 2 aliphatic heterocycles. The minimum absolute atomic E-state index is 0. The molecule has 0 saturated heterocycles. The Labute approximate surface area is 196 Å². The number of hydrogen-bond donors (Lipinski definition) is 1. The number of hydrogen-bond acceptors (Lipinski definition) is 7. The highest BCUT2D eigenvalue weighted by atomic mass is 35.5. The summed E-state index contributed by atoms with van der Waals surface area (Å²) in [6, 6.07) is 11.6. The molecule has 9 heteroatoms. The first kappa shape index (κ1) is 22.9. The number of esters is 2. The van der Waals surface area contributed by atoms with Crippen molar-refractivity contribution in [1.82, 2.24) is 14.9 Å². The monoisotopic (exact) mass is 469 g/mol. The number of aromatic nitrogens is 2. The van der Waals surface area contributed by atoms with Crippen molar-refractivity contribution in [2.24, 2.45) is 0 Å². The summed E-state index contributed by atoms with van der Waals surface area (Å²) < 4.78 is 12.7. The summed E-state index contributed by atoms with van der Waals surface area (Å²) in [7, 11) is 0. The van der Waals surface area contributed by atoms with Gasteiger partial charge < -0.3 is 19.4 Å².